The largest absolute Gasteiger partial charge is 0.377 e. The first-order valence-electron chi connectivity index (χ1n) is 7.54. The average molecular weight is 256 g/mol. The first-order chi connectivity index (χ1) is 8.45. The third-order valence-corrected chi connectivity index (χ3v) is 4.01. The van der Waals surface area contributed by atoms with E-state index in [4.69, 9.17) is 4.74 Å². The van der Waals surface area contributed by atoms with Crippen molar-refractivity contribution in [2.45, 2.75) is 59.7 Å². The Morgan fingerprint density at radius 2 is 1.83 bits per heavy atom. The second-order valence-corrected chi connectivity index (χ2v) is 6.29. The summed E-state index contributed by atoms with van der Waals surface area (Å²) in [6, 6.07) is 1.26. The average Bonchev–Trinajstić information content (AvgIpc) is 2.28. The third kappa shape index (κ3) is 4.52. The van der Waals surface area contributed by atoms with Crippen molar-refractivity contribution in [2.75, 3.05) is 26.2 Å². The molecule has 0 aliphatic carbocycles. The summed E-state index contributed by atoms with van der Waals surface area (Å²) in [7, 11) is 0. The summed E-state index contributed by atoms with van der Waals surface area (Å²) in [6.45, 7) is 17.6. The molecule has 1 aliphatic heterocycles. The van der Waals surface area contributed by atoms with E-state index in [0.29, 0.717) is 30.0 Å². The molecular weight excluding hydrogens is 224 g/mol. The van der Waals surface area contributed by atoms with Crippen molar-refractivity contribution in [3.63, 3.8) is 0 Å². The van der Waals surface area contributed by atoms with E-state index in [9.17, 15) is 0 Å². The number of nitrogens with one attached hydrogen (secondary N) is 1. The molecule has 3 heteroatoms. The Bertz CT molecular complexity index is 231. The second kappa shape index (κ2) is 7.46. The van der Waals surface area contributed by atoms with Gasteiger partial charge in [0.25, 0.3) is 0 Å². The summed E-state index contributed by atoms with van der Waals surface area (Å²) < 4.78 is 5.71. The van der Waals surface area contributed by atoms with E-state index >= 15 is 0 Å². The Labute approximate surface area is 113 Å². The van der Waals surface area contributed by atoms with E-state index < -0.39 is 0 Å². The molecule has 1 rings (SSSR count). The molecule has 0 aromatic carbocycles. The number of rotatable bonds is 6. The van der Waals surface area contributed by atoms with E-state index in [1.165, 1.54) is 0 Å². The van der Waals surface area contributed by atoms with E-state index in [2.05, 4.69) is 51.8 Å². The fourth-order valence-corrected chi connectivity index (χ4v) is 2.84. The zero-order chi connectivity index (χ0) is 13.7. The number of hydrogen-bond acceptors (Lipinski definition) is 3. The highest BCUT2D eigenvalue weighted by Crippen LogP contribution is 2.19. The van der Waals surface area contributed by atoms with Gasteiger partial charge >= 0.3 is 0 Å². The van der Waals surface area contributed by atoms with Gasteiger partial charge in [-0.3, -0.25) is 4.90 Å². The van der Waals surface area contributed by atoms with Gasteiger partial charge in [-0.1, -0.05) is 27.7 Å². The standard InChI is InChI=1S/C15H32N2O/c1-7-18-13(6)9-17-10-14(11(2)3)16-8-15(17)12(4)5/h11-16H,7-10H2,1-6H3. The van der Waals surface area contributed by atoms with Gasteiger partial charge in [0.05, 0.1) is 6.10 Å². The first kappa shape index (κ1) is 15.9. The molecule has 1 N–H and O–H groups in total. The quantitative estimate of drug-likeness (QED) is 0.789. The summed E-state index contributed by atoms with van der Waals surface area (Å²) in [5.41, 5.74) is 0. The van der Waals surface area contributed by atoms with Crippen LogP contribution < -0.4 is 5.32 Å². The van der Waals surface area contributed by atoms with E-state index in [-0.39, 0.29) is 0 Å². The number of nitrogens with zero attached hydrogens (tertiary/aromatic N) is 1. The molecule has 3 unspecified atom stereocenters. The van der Waals surface area contributed by atoms with Gasteiger partial charge in [-0.2, -0.15) is 0 Å². The van der Waals surface area contributed by atoms with Crippen molar-refractivity contribution in [3.05, 3.63) is 0 Å². The predicted octanol–water partition coefficient (Wildman–Crippen LogP) is 2.37. The van der Waals surface area contributed by atoms with Gasteiger partial charge < -0.3 is 10.1 Å². The van der Waals surface area contributed by atoms with Gasteiger partial charge in [0, 0.05) is 38.3 Å². The number of hydrogen-bond donors (Lipinski definition) is 1. The third-order valence-electron chi connectivity index (χ3n) is 4.01. The molecule has 0 spiro atoms. The number of ether oxygens (including phenoxy) is 1. The van der Waals surface area contributed by atoms with Crippen LogP contribution in [0.2, 0.25) is 0 Å². The normalized spacial score (nSPS) is 28.0. The maximum Gasteiger partial charge on any atom is 0.0673 e. The minimum atomic E-state index is 0.335. The predicted molar refractivity (Wildman–Crippen MR) is 77.9 cm³/mol. The van der Waals surface area contributed by atoms with Crippen LogP contribution in [-0.2, 0) is 4.74 Å². The fourth-order valence-electron chi connectivity index (χ4n) is 2.84. The smallest absolute Gasteiger partial charge is 0.0673 e. The molecule has 0 aromatic rings. The Kier molecular flexibility index (Phi) is 6.61. The van der Waals surface area contributed by atoms with Gasteiger partial charge in [-0.15, -0.1) is 0 Å². The topological polar surface area (TPSA) is 24.5 Å². The van der Waals surface area contributed by atoms with Crippen LogP contribution in [0.15, 0.2) is 0 Å². The molecule has 3 atom stereocenters. The maximum absolute atomic E-state index is 5.71. The van der Waals surface area contributed by atoms with Crippen molar-refractivity contribution >= 4 is 0 Å². The van der Waals surface area contributed by atoms with Crippen LogP contribution in [0, 0.1) is 11.8 Å². The highest BCUT2D eigenvalue weighted by Gasteiger charge is 2.31. The minimum Gasteiger partial charge on any atom is -0.377 e. The number of piperazine rings is 1. The van der Waals surface area contributed by atoms with Gasteiger partial charge in [0.2, 0.25) is 0 Å². The minimum absolute atomic E-state index is 0.335. The van der Waals surface area contributed by atoms with Crippen molar-refractivity contribution in [1.29, 1.82) is 0 Å². The molecule has 0 aromatic heterocycles. The van der Waals surface area contributed by atoms with Crippen LogP contribution in [0.5, 0.6) is 0 Å². The molecule has 1 heterocycles. The molecule has 0 amide bonds. The van der Waals surface area contributed by atoms with Crippen LogP contribution in [0.25, 0.3) is 0 Å². The molecule has 3 nitrogen and oxygen atoms in total. The molecule has 18 heavy (non-hydrogen) atoms. The van der Waals surface area contributed by atoms with Crippen LogP contribution in [0.3, 0.4) is 0 Å². The van der Waals surface area contributed by atoms with Crippen LogP contribution in [-0.4, -0.2) is 49.3 Å². The maximum atomic E-state index is 5.71. The van der Waals surface area contributed by atoms with Gasteiger partial charge in [-0.25, -0.2) is 0 Å². The monoisotopic (exact) mass is 256 g/mol. The van der Waals surface area contributed by atoms with Crippen LogP contribution in [0.4, 0.5) is 0 Å². The lowest BCUT2D eigenvalue weighted by molar-refractivity contribution is 0.00658. The lowest BCUT2D eigenvalue weighted by Gasteiger charge is -2.44. The van der Waals surface area contributed by atoms with Crippen LogP contribution >= 0.6 is 0 Å². The van der Waals surface area contributed by atoms with Gasteiger partial charge in [0.1, 0.15) is 0 Å². The second-order valence-electron chi connectivity index (χ2n) is 6.29. The Morgan fingerprint density at radius 1 is 1.17 bits per heavy atom. The molecular formula is C15H32N2O. The SMILES string of the molecule is CCOC(C)CN1CC(C(C)C)NCC1C(C)C. The Morgan fingerprint density at radius 3 is 2.33 bits per heavy atom. The molecule has 1 saturated heterocycles. The lowest BCUT2D eigenvalue weighted by Crippen LogP contribution is -2.60. The summed E-state index contributed by atoms with van der Waals surface area (Å²) in [6.07, 6.45) is 0.335. The summed E-state index contributed by atoms with van der Waals surface area (Å²) in [5.74, 6) is 1.39. The lowest BCUT2D eigenvalue weighted by atomic mass is 9.94. The zero-order valence-electron chi connectivity index (χ0n) is 13.1. The van der Waals surface area contributed by atoms with Gasteiger partial charge in [0.15, 0.2) is 0 Å². The van der Waals surface area contributed by atoms with Crippen molar-refractivity contribution in [1.82, 2.24) is 10.2 Å². The molecule has 1 fully saturated rings. The van der Waals surface area contributed by atoms with E-state index in [0.717, 1.165) is 26.2 Å². The first-order valence-corrected chi connectivity index (χ1v) is 7.54. The Balaban J connectivity index is 2.60. The molecule has 1 aliphatic rings. The summed E-state index contributed by atoms with van der Waals surface area (Å²) in [5, 5.41) is 3.70. The fraction of sp³-hybridized carbons (Fsp3) is 1.00. The van der Waals surface area contributed by atoms with Crippen molar-refractivity contribution in [2.24, 2.45) is 11.8 Å². The molecule has 108 valence electrons. The Hall–Kier alpha value is -0.120. The van der Waals surface area contributed by atoms with Crippen molar-refractivity contribution in [3.8, 4) is 0 Å². The van der Waals surface area contributed by atoms with E-state index in [1.807, 2.05) is 0 Å². The summed E-state index contributed by atoms with van der Waals surface area (Å²) in [4.78, 5) is 2.63. The summed E-state index contributed by atoms with van der Waals surface area (Å²) >= 11 is 0. The highest BCUT2D eigenvalue weighted by molar-refractivity contribution is 4.89. The molecule has 0 saturated carbocycles. The highest BCUT2D eigenvalue weighted by atomic mass is 16.5. The van der Waals surface area contributed by atoms with Crippen LogP contribution in [0.1, 0.15) is 41.5 Å². The molecule has 0 bridgehead atoms. The van der Waals surface area contributed by atoms with Gasteiger partial charge in [-0.05, 0) is 25.7 Å². The zero-order valence-corrected chi connectivity index (χ0v) is 13.1. The van der Waals surface area contributed by atoms with E-state index in [1.54, 1.807) is 0 Å². The van der Waals surface area contributed by atoms with Crippen molar-refractivity contribution < 1.29 is 4.74 Å². The molecule has 0 radical (unpaired) electrons.